The number of nitrogens with two attached hydrogens (primary N) is 1. The first kappa shape index (κ1) is 16.9. The topological polar surface area (TPSA) is 98.3 Å². The zero-order valence-electron chi connectivity index (χ0n) is 12.9. The van der Waals surface area contributed by atoms with Crippen LogP contribution in [0.1, 0.15) is 38.1 Å². The highest BCUT2D eigenvalue weighted by atomic mass is 16.6. The van der Waals surface area contributed by atoms with E-state index in [-0.39, 0.29) is 11.3 Å². The molecule has 0 bridgehead atoms. The van der Waals surface area contributed by atoms with Crippen molar-refractivity contribution in [3.8, 4) is 0 Å². The highest BCUT2D eigenvalue weighted by molar-refractivity contribution is 5.99. The molecule has 0 aliphatic carbocycles. The smallest absolute Gasteiger partial charge is 0.282 e. The summed E-state index contributed by atoms with van der Waals surface area (Å²) in [7, 11) is 0. The molecular formula is C15H23N3O3. The van der Waals surface area contributed by atoms with Crippen LogP contribution in [0.5, 0.6) is 0 Å². The van der Waals surface area contributed by atoms with Crippen molar-refractivity contribution in [1.29, 1.82) is 0 Å². The standard InChI is InChI=1S/C15H23N3O3/c1-9(2)13(10(3)4)8-17-15(19)12-7-11(16)5-6-14(12)18(20)21/h5-7,9-10,13H,8,16H2,1-4H3,(H,17,19). The molecule has 6 heteroatoms. The van der Waals surface area contributed by atoms with E-state index in [1.54, 1.807) is 0 Å². The van der Waals surface area contributed by atoms with Crippen molar-refractivity contribution in [3.63, 3.8) is 0 Å². The number of nitrogens with zero attached hydrogens (tertiary/aromatic N) is 1. The molecule has 21 heavy (non-hydrogen) atoms. The summed E-state index contributed by atoms with van der Waals surface area (Å²) in [6, 6.07) is 4.01. The molecule has 6 nitrogen and oxygen atoms in total. The number of anilines is 1. The Labute approximate surface area is 124 Å². The lowest BCUT2D eigenvalue weighted by Gasteiger charge is -2.25. The maximum atomic E-state index is 12.2. The molecule has 0 atom stereocenters. The molecule has 1 aromatic carbocycles. The van der Waals surface area contributed by atoms with Crippen LogP contribution in [-0.2, 0) is 0 Å². The largest absolute Gasteiger partial charge is 0.399 e. The molecule has 1 aromatic rings. The van der Waals surface area contributed by atoms with E-state index in [1.165, 1.54) is 18.2 Å². The third-order valence-corrected chi connectivity index (χ3v) is 3.67. The van der Waals surface area contributed by atoms with Gasteiger partial charge in [0, 0.05) is 18.3 Å². The van der Waals surface area contributed by atoms with Crippen molar-refractivity contribution in [2.45, 2.75) is 27.7 Å². The number of nitro benzene ring substituents is 1. The summed E-state index contributed by atoms with van der Waals surface area (Å²) in [5.74, 6) is 0.691. The van der Waals surface area contributed by atoms with Crippen LogP contribution < -0.4 is 11.1 Å². The van der Waals surface area contributed by atoms with Crippen LogP contribution in [-0.4, -0.2) is 17.4 Å². The van der Waals surface area contributed by atoms with Crippen LogP contribution in [0, 0.1) is 27.9 Å². The van der Waals surface area contributed by atoms with Crippen molar-refractivity contribution < 1.29 is 9.72 Å². The minimum absolute atomic E-state index is 0.00580. The lowest BCUT2D eigenvalue weighted by atomic mass is 9.85. The monoisotopic (exact) mass is 293 g/mol. The molecule has 1 rings (SSSR count). The number of nitrogens with one attached hydrogen (secondary N) is 1. The Bertz CT molecular complexity index is 519. The second-order valence-corrected chi connectivity index (χ2v) is 5.90. The molecular weight excluding hydrogens is 270 g/mol. The predicted molar refractivity (Wildman–Crippen MR) is 83.0 cm³/mol. The second-order valence-electron chi connectivity index (χ2n) is 5.90. The van der Waals surface area contributed by atoms with Crippen molar-refractivity contribution >= 4 is 17.3 Å². The van der Waals surface area contributed by atoms with Crippen molar-refractivity contribution in [2.24, 2.45) is 17.8 Å². The lowest BCUT2D eigenvalue weighted by molar-refractivity contribution is -0.385. The molecule has 0 spiro atoms. The van der Waals surface area contributed by atoms with Gasteiger partial charge in [-0.15, -0.1) is 0 Å². The van der Waals surface area contributed by atoms with Gasteiger partial charge in [-0.25, -0.2) is 0 Å². The van der Waals surface area contributed by atoms with E-state index in [1.807, 2.05) is 0 Å². The van der Waals surface area contributed by atoms with Gasteiger partial charge in [-0.3, -0.25) is 14.9 Å². The van der Waals surface area contributed by atoms with Gasteiger partial charge in [-0.1, -0.05) is 27.7 Å². The maximum absolute atomic E-state index is 12.2. The highest BCUT2D eigenvalue weighted by Gasteiger charge is 2.23. The first-order chi connectivity index (χ1) is 9.73. The van der Waals surface area contributed by atoms with Crippen LogP contribution in [0.25, 0.3) is 0 Å². The van der Waals surface area contributed by atoms with Gasteiger partial charge < -0.3 is 11.1 Å². The summed E-state index contributed by atoms with van der Waals surface area (Å²) in [6.45, 7) is 8.87. The average Bonchev–Trinajstić information content (AvgIpc) is 2.37. The fraction of sp³-hybridized carbons (Fsp3) is 0.533. The zero-order valence-corrected chi connectivity index (χ0v) is 12.9. The van der Waals surface area contributed by atoms with Gasteiger partial charge in [-0.05, 0) is 29.9 Å². The molecule has 0 aliphatic heterocycles. The van der Waals surface area contributed by atoms with Crippen molar-refractivity contribution in [3.05, 3.63) is 33.9 Å². The molecule has 3 N–H and O–H groups in total. The Hall–Kier alpha value is -2.11. The molecule has 116 valence electrons. The van der Waals surface area contributed by atoms with Gasteiger partial charge >= 0.3 is 0 Å². The summed E-state index contributed by atoms with van der Waals surface area (Å²) < 4.78 is 0. The van der Waals surface area contributed by atoms with Gasteiger partial charge in [0.05, 0.1) is 4.92 Å². The molecule has 0 saturated heterocycles. The van der Waals surface area contributed by atoms with E-state index in [2.05, 4.69) is 33.0 Å². The van der Waals surface area contributed by atoms with Crippen LogP contribution >= 0.6 is 0 Å². The molecule has 1 amide bonds. The van der Waals surface area contributed by atoms with E-state index >= 15 is 0 Å². The molecule has 0 radical (unpaired) electrons. The summed E-state index contributed by atoms with van der Waals surface area (Å²) in [4.78, 5) is 22.6. The molecule has 0 heterocycles. The van der Waals surface area contributed by atoms with Gasteiger partial charge in [0.2, 0.25) is 0 Å². The minimum Gasteiger partial charge on any atom is -0.399 e. The van der Waals surface area contributed by atoms with Gasteiger partial charge in [0.25, 0.3) is 11.6 Å². The predicted octanol–water partition coefficient (Wildman–Crippen LogP) is 2.84. The first-order valence-electron chi connectivity index (χ1n) is 7.06. The van der Waals surface area contributed by atoms with E-state index < -0.39 is 10.8 Å². The minimum atomic E-state index is -0.573. The molecule has 0 fully saturated rings. The highest BCUT2D eigenvalue weighted by Crippen LogP contribution is 2.22. The summed E-state index contributed by atoms with van der Waals surface area (Å²) in [6.07, 6.45) is 0. The fourth-order valence-electron chi connectivity index (χ4n) is 2.44. The number of hydrogen-bond donors (Lipinski definition) is 2. The van der Waals surface area contributed by atoms with Crippen LogP contribution in [0.3, 0.4) is 0 Å². The third-order valence-electron chi connectivity index (χ3n) is 3.67. The second kappa shape index (κ2) is 7.06. The van der Waals surface area contributed by atoms with Gasteiger partial charge in [-0.2, -0.15) is 0 Å². The lowest BCUT2D eigenvalue weighted by Crippen LogP contribution is -2.34. The van der Waals surface area contributed by atoms with Crippen LogP contribution in [0.2, 0.25) is 0 Å². The number of nitro groups is 1. The molecule has 0 unspecified atom stereocenters. The van der Waals surface area contributed by atoms with Crippen molar-refractivity contribution in [2.75, 3.05) is 12.3 Å². The quantitative estimate of drug-likeness (QED) is 0.478. The maximum Gasteiger partial charge on any atom is 0.282 e. The first-order valence-corrected chi connectivity index (χ1v) is 7.06. The Morgan fingerprint density at radius 2 is 1.86 bits per heavy atom. The normalized spacial score (nSPS) is 11.2. The zero-order chi connectivity index (χ0) is 16.2. The summed E-state index contributed by atoms with van der Waals surface area (Å²) in [5.41, 5.74) is 5.72. The number of amides is 1. The molecule has 0 aromatic heterocycles. The Morgan fingerprint density at radius 1 is 1.29 bits per heavy atom. The third kappa shape index (κ3) is 4.44. The fourth-order valence-corrected chi connectivity index (χ4v) is 2.44. The van der Waals surface area contributed by atoms with Crippen molar-refractivity contribution in [1.82, 2.24) is 5.32 Å². The average molecular weight is 293 g/mol. The van der Waals surface area contributed by atoms with Crippen LogP contribution in [0.15, 0.2) is 18.2 Å². The van der Waals surface area contributed by atoms with Gasteiger partial charge in [0.15, 0.2) is 0 Å². The SMILES string of the molecule is CC(C)C(CNC(=O)c1cc(N)ccc1[N+](=O)[O-])C(C)C. The van der Waals surface area contributed by atoms with E-state index in [4.69, 9.17) is 5.73 Å². The number of benzene rings is 1. The van der Waals surface area contributed by atoms with E-state index in [9.17, 15) is 14.9 Å². The van der Waals surface area contributed by atoms with Crippen LogP contribution in [0.4, 0.5) is 11.4 Å². The summed E-state index contributed by atoms with van der Waals surface area (Å²) >= 11 is 0. The Morgan fingerprint density at radius 3 is 2.33 bits per heavy atom. The number of hydrogen-bond acceptors (Lipinski definition) is 4. The molecule has 0 aliphatic rings. The number of carbonyl (C=O) groups excluding carboxylic acids is 1. The molecule has 0 saturated carbocycles. The number of rotatable bonds is 6. The Balaban J connectivity index is 2.89. The Kier molecular flexibility index (Phi) is 5.69. The summed E-state index contributed by atoms with van der Waals surface area (Å²) in [5, 5.41) is 13.8. The number of nitrogen functional groups attached to an aromatic ring is 1. The number of carbonyl (C=O) groups is 1. The van der Waals surface area contributed by atoms with Gasteiger partial charge in [0.1, 0.15) is 5.56 Å². The van der Waals surface area contributed by atoms with E-state index in [0.717, 1.165) is 0 Å². The van der Waals surface area contributed by atoms with E-state index in [0.29, 0.717) is 30.0 Å².